The van der Waals surface area contributed by atoms with Crippen LogP contribution in [0.25, 0.3) is 0 Å². The van der Waals surface area contributed by atoms with Gasteiger partial charge in [-0.1, -0.05) is 35.9 Å². The number of pyridine rings is 1. The van der Waals surface area contributed by atoms with Gasteiger partial charge in [-0.15, -0.1) is 0 Å². The molecule has 2 amide bonds. The maximum Gasteiger partial charge on any atom is 0.255 e. The molecule has 1 aromatic heterocycles. The van der Waals surface area contributed by atoms with Crippen molar-refractivity contribution in [1.29, 1.82) is 0 Å². The molecule has 0 aliphatic heterocycles. The van der Waals surface area contributed by atoms with Crippen molar-refractivity contribution in [3.05, 3.63) is 100 Å². The van der Waals surface area contributed by atoms with E-state index in [1.165, 1.54) is 17.2 Å². The molecule has 1 heterocycles. The number of rotatable bonds is 5. The van der Waals surface area contributed by atoms with E-state index in [9.17, 15) is 14.0 Å². The summed E-state index contributed by atoms with van der Waals surface area (Å²) in [6, 6.07) is 13.3. The second-order valence-electron chi connectivity index (χ2n) is 7.18. The van der Waals surface area contributed by atoms with Crippen LogP contribution in [0.5, 0.6) is 0 Å². The van der Waals surface area contributed by atoms with E-state index in [0.717, 1.165) is 0 Å². The van der Waals surface area contributed by atoms with Crippen molar-refractivity contribution >= 4 is 23.4 Å². The van der Waals surface area contributed by atoms with Crippen molar-refractivity contribution in [3.63, 3.8) is 0 Å². The molecule has 2 N–H and O–H groups in total. The third kappa shape index (κ3) is 3.66. The number of hydrogen-bond acceptors (Lipinski definition) is 3. The molecule has 0 saturated heterocycles. The summed E-state index contributed by atoms with van der Waals surface area (Å²) in [6.45, 7) is 0. The van der Waals surface area contributed by atoms with Crippen LogP contribution in [0.3, 0.4) is 0 Å². The fourth-order valence-electron chi connectivity index (χ4n) is 4.08. The largest absolute Gasteiger partial charge is 0.368 e. The van der Waals surface area contributed by atoms with Crippen molar-refractivity contribution in [2.45, 2.75) is 24.9 Å². The molecule has 152 valence electrons. The number of aromatic nitrogens is 1. The topological polar surface area (TPSA) is 76.3 Å². The molecule has 0 saturated carbocycles. The molecule has 1 aliphatic rings. The van der Waals surface area contributed by atoms with Crippen LogP contribution in [0, 0.1) is 5.82 Å². The molecule has 7 heteroatoms. The van der Waals surface area contributed by atoms with Gasteiger partial charge in [0.15, 0.2) is 0 Å². The SMILES string of the molecule is NC(=O)[C@@H](c1cccnc1)N(C(=O)c1ccccc1)[C@@H]1CCc2c(F)cc(Cl)cc21. The minimum absolute atomic E-state index is 0.238. The normalized spacial score (nSPS) is 16.0. The number of carbonyl (C=O) groups is 2. The fourth-order valence-corrected chi connectivity index (χ4v) is 4.29. The van der Waals surface area contributed by atoms with E-state index < -0.39 is 23.8 Å². The molecular formula is C23H19ClFN3O2. The van der Waals surface area contributed by atoms with E-state index in [1.54, 1.807) is 54.7 Å². The first kappa shape index (κ1) is 20.0. The van der Waals surface area contributed by atoms with Crippen LogP contribution in [-0.2, 0) is 11.2 Å². The second-order valence-corrected chi connectivity index (χ2v) is 7.62. The van der Waals surface area contributed by atoms with Gasteiger partial charge < -0.3 is 10.6 Å². The molecule has 0 radical (unpaired) electrons. The van der Waals surface area contributed by atoms with Gasteiger partial charge in [-0.25, -0.2) is 4.39 Å². The van der Waals surface area contributed by atoms with E-state index in [2.05, 4.69) is 4.98 Å². The van der Waals surface area contributed by atoms with Gasteiger partial charge in [0.1, 0.15) is 11.9 Å². The summed E-state index contributed by atoms with van der Waals surface area (Å²) in [5.41, 5.74) is 7.77. The number of fused-ring (bicyclic) bond motifs is 1. The average Bonchev–Trinajstić information content (AvgIpc) is 3.16. The van der Waals surface area contributed by atoms with Crippen LogP contribution >= 0.6 is 11.6 Å². The highest BCUT2D eigenvalue weighted by atomic mass is 35.5. The molecular weight excluding hydrogens is 405 g/mol. The molecule has 0 spiro atoms. The third-order valence-electron chi connectivity index (χ3n) is 5.36. The second kappa shape index (κ2) is 8.24. The summed E-state index contributed by atoms with van der Waals surface area (Å²) in [6.07, 6.45) is 3.97. The van der Waals surface area contributed by atoms with E-state index in [4.69, 9.17) is 17.3 Å². The molecule has 0 unspecified atom stereocenters. The molecule has 0 fully saturated rings. The Bertz CT molecular complexity index is 1090. The first-order chi connectivity index (χ1) is 14.5. The molecule has 0 bridgehead atoms. The summed E-state index contributed by atoms with van der Waals surface area (Å²) in [4.78, 5) is 31.7. The Morgan fingerprint density at radius 3 is 2.60 bits per heavy atom. The lowest BCUT2D eigenvalue weighted by Crippen LogP contribution is -2.43. The average molecular weight is 424 g/mol. The van der Waals surface area contributed by atoms with Gasteiger partial charge in [0.05, 0.1) is 6.04 Å². The van der Waals surface area contributed by atoms with Crippen molar-refractivity contribution in [2.75, 3.05) is 0 Å². The summed E-state index contributed by atoms with van der Waals surface area (Å²) < 4.78 is 14.5. The maximum absolute atomic E-state index is 14.5. The zero-order valence-electron chi connectivity index (χ0n) is 16.0. The summed E-state index contributed by atoms with van der Waals surface area (Å²) in [5, 5.41) is 0.238. The lowest BCUT2D eigenvalue weighted by Gasteiger charge is -2.35. The van der Waals surface area contributed by atoms with Gasteiger partial charge in [0, 0.05) is 28.5 Å². The van der Waals surface area contributed by atoms with Gasteiger partial charge in [-0.3, -0.25) is 14.6 Å². The molecule has 3 aromatic rings. The number of nitrogens with zero attached hydrogens (tertiary/aromatic N) is 2. The lowest BCUT2D eigenvalue weighted by molar-refractivity contribution is -0.123. The number of hydrogen-bond donors (Lipinski definition) is 1. The number of primary amides is 1. The van der Waals surface area contributed by atoms with Gasteiger partial charge in [0.25, 0.3) is 5.91 Å². The standard InChI is InChI=1S/C23H19ClFN3O2/c24-16-11-18-17(19(25)12-16)8-9-20(18)28(23(30)14-5-2-1-3-6-14)21(22(26)29)15-7-4-10-27-13-15/h1-7,10-13,20-21H,8-9H2,(H2,26,29)/t20-,21-/m1/s1. The fraction of sp³-hybridized carbons (Fsp3) is 0.174. The smallest absolute Gasteiger partial charge is 0.255 e. The Labute approximate surface area is 178 Å². The number of benzene rings is 2. The van der Waals surface area contributed by atoms with Crippen molar-refractivity contribution in [2.24, 2.45) is 5.73 Å². The zero-order valence-corrected chi connectivity index (χ0v) is 16.7. The molecule has 4 rings (SSSR count). The Balaban J connectivity index is 1.88. The predicted octanol–water partition coefficient (Wildman–Crippen LogP) is 4.23. The molecule has 5 nitrogen and oxygen atoms in total. The highest BCUT2D eigenvalue weighted by molar-refractivity contribution is 6.30. The predicted molar refractivity (Wildman–Crippen MR) is 111 cm³/mol. The van der Waals surface area contributed by atoms with Crippen LogP contribution in [0.4, 0.5) is 4.39 Å². The Morgan fingerprint density at radius 1 is 1.17 bits per heavy atom. The van der Waals surface area contributed by atoms with Crippen molar-refractivity contribution in [1.82, 2.24) is 9.88 Å². The summed E-state index contributed by atoms with van der Waals surface area (Å²) in [7, 11) is 0. The van der Waals surface area contributed by atoms with Gasteiger partial charge in [-0.05, 0) is 54.3 Å². The number of halogens is 2. The van der Waals surface area contributed by atoms with Gasteiger partial charge in [-0.2, -0.15) is 0 Å². The maximum atomic E-state index is 14.5. The molecule has 1 aliphatic carbocycles. The van der Waals surface area contributed by atoms with Crippen LogP contribution in [0.2, 0.25) is 5.02 Å². The first-order valence-corrected chi connectivity index (χ1v) is 9.90. The summed E-state index contributed by atoms with van der Waals surface area (Å²) >= 11 is 6.11. The zero-order chi connectivity index (χ0) is 21.3. The van der Waals surface area contributed by atoms with E-state index in [0.29, 0.717) is 35.1 Å². The number of carbonyl (C=O) groups excluding carboxylic acids is 2. The van der Waals surface area contributed by atoms with Crippen molar-refractivity contribution < 1.29 is 14.0 Å². The number of nitrogens with two attached hydrogens (primary N) is 1. The molecule has 30 heavy (non-hydrogen) atoms. The van der Waals surface area contributed by atoms with E-state index in [-0.39, 0.29) is 10.9 Å². The highest BCUT2D eigenvalue weighted by Crippen LogP contribution is 2.43. The van der Waals surface area contributed by atoms with Gasteiger partial charge >= 0.3 is 0 Å². The Kier molecular flexibility index (Phi) is 5.50. The van der Waals surface area contributed by atoms with Gasteiger partial charge in [0.2, 0.25) is 5.91 Å². The van der Waals surface area contributed by atoms with Crippen LogP contribution in [0.1, 0.15) is 45.6 Å². The third-order valence-corrected chi connectivity index (χ3v) is 5.58. The van der Waals surface area contributed by atoms with E-state index in [1.807, 2.05) is 0 Å². The lowest BCUT2D eigenvalue weighted by atomic mass is 9.99. The van der Waals surface area contributed by atoms with Crippen LogP contribution < -0.4 is 5.73 Å². The van der Waals surface area contributed by atoms with Crippen molar-refractivity contribution in [3.8, 4) is 0 Å². The van der Waals surface area contributed by atoms with E-state index >= 15 is 0 Å². The molecule has 2 atom stereocenters. The monoisotopic (exact) mass is 423 g/mol. The number of amides is 2. The van der Waals surface area contributed by atoms with Crippen LogP contribution in [-0.4, -0.2) is 21.7 Å². The Morgan fingerprint density at radius 2 is 1.93 bits per heavy atom. The quantitative estimate of drug-likeness (QED) is 0.667. The molecule has 2 aromatic carbocycles. The minimum atomic E-state index is -1.07. The Hall–Kier alpha value is -3.25. The minimum Gasteiger partial charge on any atom is -0.368 e. The summed E-state index contributed by atoms with van der Waals surface area (Å²) in [5.74, 6) is -1.48. The highest BCUT2D eigenvalue weighted by Gasteiger charge is 2.40. The first-order valence-electron chi connectivity index (χ1n) is 9.52. The van der Waals surface area contributed by atoms with Crippen LogP contribution in [0.15, 0.2) is 67.0 Å².